The van der Waals surface area contributed by atoms with Crippen molar-refractivity contribution in [2.45, 2.75) is 19.4 Å². The number of carbonyl (C=O) groups excluding carboxylic acids is 2. The highest BCUT2D eigenvalue weighted by Gasteiger charge is 2.23. The number of amides is 1. The predicted octanol–water partition coefficient (Wildman–Crippen LogP) is 2.38. The van der Waals surface area contributed by atoms with E-state index in [1.165, 1.54) is 7.11 Å². The summed E-state index contributed by atoms with van der Waals surface area (Å²) in [6, 6.07) is 15.1. The molecule has 0 aliphatic rings. The molecule has 0 aliphatic carbocycles. The average Bonchev–Trinajstić information content (AvgIpc) is 2.62. The van der Waals surface area contributed by atoms with Crippen molar-refractivity contribution < 1.29 is 14.3 Å². The first-order chi connectivity index (χ1) is 11.5. The lowest BCUT2D eigenvalue weighted by Crippen LogP contribution is -2.43. The molecule has 5 heteroatoms. The Morgan fingerprint density at radius 2 is 1.83 bits per heavy atom. The van der Waals surface area contributed by atoms with Crippen LogP contribution in [0.15, 0.2) is 48.5 Å². The second-order valence-electron chi connectivity index (χ2n) is 5.37. The van der Waals surface area contributed by atoms with Gasteiger partial charge < -0.3 is 10.1 Å². The summed E-state index contributed by atoms with van der Waals surface area (Å²) in [5.41, 5.74) is 2.86. The minimum atomic E-state index is -0.778. The minimum Gasteiger partial charge on any atom is -0.467 e. The number of ether oxygens (including phenoxy) is 1. The van der Waals surface area contributed by atoms with Crippen molar-refractivity contribution in [1.82, 2.24) is 5.32 Å². The van der Waals surface area contributed by atoms with Gasteiger partial charge in [-0.15, -0.1) is 0 Å². The van der Waals surface area contributed by atoms with E-state index in [2.05, 4.69) is 5.32 Å². The van der Waals surface area contributed by atoms with E-state index in [-0.39, 0.29) is 5.91 Å². The van der Waals surface area contributed by atoms with E-state index >= 15 is 0 Å². The molecule has 2 aromatic rings. The molecule has 1 atom stereocenters. The first-order valence-corrected chi connectivity index (χ1v) is 7.48. The summed E-state index contributed by atoms with van der Waals surface area (Å²) in [5, 5.41) is 11.5. The SMILES string of the molecule is COC(=O)[C@H](Cc1ccccc1C)NC(=O)c1ccc(C#N)cc1. The fourth-order valence-corrected chi connectivity index (χ4v) is 2.33. The molecule has 2 rings (SSSR count). The van der Waals surface area contributed by atoms with Crippen LogP contribution < -0.4 is 5.32 Å². The van der Waals surface area contributed by atoms with Crippen LogP contribution in [-0.4, -0.2) is 25.0 Å². The molecule has 2 aromatic carbocycles. The molecule has 0 bridgehead atoms. The molecular formula is C19H18N2O3. The van der Waals surface area contributed by atoms with E-state index in [4.69, 9.17) is 10.00 Å². The Morgan fingerprint density at radius 3 is 2.42 bits per heavy atom. The highest BCUT2D eigenvalue weighted by Crippen LogP contribution is 2.11. The summed E-state index contributed by atoms with van der Waals surface area (Å²) in [6.45, 7) is 1.95. The maximum atomic E-state index is 12.3. The predicted molar refractivity (Wildman–Crippen MR) is 89.3 cm³/mol. The number of benzene rings is 2. The Kier molecular flexibility index (Phi) is 5.69. The van der Waals surface area contributed by atoms with Crippen molar-refractivity contribution in [1.29, 1.82) is 5.26 Å². The van der Waals surface area contributed by atoms with Crippen molar-refractivity contribution in [2.24, 2.45) is 0 Å². The van der Waals surface area contributed by atoms with Crippen molar-refractivity contribution in [3.05, 3.63) is 70.8 Å². The van der Waals surface area contributed by atoms with Crippen LogP contribution >= 0.6 is 0 Å². The molecule has 1 N–H and O–H groups in total. The number of nitriles is 1. The van der Waals surface area contributed by atoms with E-state index in [1.54, 1.807) is 24.3 Å². The topological polar surface area (TPSA) is 79.2 Å². The number of rotatable bonds is 5. The van der Waals surface area contributed by atoms with Crippen LogP contribution in [0, 0.1) is 18.3 Å². The Labute approximate surface area is 140 Å². The molecule has 1 amide bonds. The molecule has 0 heterocycles. The molecule has 0 aliphatic heterocycles. The normalized spacial score (nSPS) is 11.2. The Bertz CT molecular complexity index is 776. The van der Waals surface area contributed by atoms with Gasteiger partial charge in [0, 0.05) is 12.0 Å². The zero-order valence-corrected chi connectivity index (χ0v) is 13.6. The van der Waals surface area contributed by atoms with Gasteiger partial charge in [-0.1, -0.05) is 24.3 Å². The summed E-state index contributed by atoms with van der Waals surface area (Å²) in [5.74, 6) is -0.885. The Hall–Kier alpha value is -3.13. The van der Waals surface area contributed by atoms with Gasteiger partial charge in [-0.05, 0) is 42.3 Å². The molecule has 0 unspecified atom stereocenters. The van der Waals surface area contributed by atoms with Crippen molar-refractivity contribution in [2.75, 3.05) is 7.11 Å². The third-order valence-corrected chi connectivity index (χ3v) is 3.75. The molecule has 0 radical (unpaired) electrons. The third kappa shape index (κ3) is 4.20. The van der Waals surface area contributed by atoms with Gasteiger partial charge in [-0.3, -0.25) is 4.79 Å². The van der Waals surface area contributed by atoms with Crippen LogP contribution in [0.4, 0.5) is 0 Å². The second-order valence-corrected chi connectivity index (χ2v) is 5.37. The van der Waals surface area contributed by atoms with E-state index < -0.39 is 12.0 Å². The molecule has 0 fully saturated rings. The lowest BCUT2D eigenvalue weighted by molar-refractivity contribution is -0.142. The van der Waals surface area contributed by atoms with Gasteiger partial charge in [0.15, 0.2) is 0 Å². The van der Waals surface area contributed by atoms with Gasteiger partial charge >= 0.3 is 5.97 Å². The molecule has 24 heavy (non-hydrogen) atoms. The number of nitrogens with one attached hydrogen (secondary N) is 1. The van der Waals surface area contributed by atoms with Crippen LogP contribution in [0.3, 0.4) is 0 Å². The number of hydrogen-bond donors (Lipinski definition) is 1. The van der Waals surface area contributed by atoms with Crippen molar-refractivity contribution >= 4 is 11.9 Å². The van der Waals surface area contributed by atoms with E-state index in [0.29, 0.717) is 17.5 Å². The molecule has 0 aromatic heterocycles. The summed E-state index contributed by atoms with van der Waals surface area (Å²) >= 11 is 0. The highest BCUT2D eigenvalue weighted by molar-refractivity contribution is 5.96. The molecule has 0 spiro atoms. The first kappa shape index (κ1) is 17.2. The number of nitrogens with zero attached hydrogens (tertiary/aromatic N) is 1. The van der Waals surface area contributed by atoms with Gasteiger partial charge in [0.2, 0.25) is 0 Å². The molecule has 0 saturated carbocycles. The zero-order chi connectivity index (χ0) is 17.5. The van der Waals surface area contributed by atoms with Crippen LogP contribution in [0.5, 0.6) is 0 Å². The Morgan fingerprint density at radius 1 is 1.17 bits per heavy atom. The monoisotopic (exact) mass is 322 g/mol. The van der Waals surface area contributed by atoms with Gasteiger partial charge in [0.05, 0.1) is 18.7 Å². The minimum absolute atomic E-state index is 0.349. The lowest BCUT2D eigenvalue weighted by Gasteiger charge is -2.17. The van der Waals surface area contributed by atoms with Gasteiger partial charge in [-0.25, -0.2) is 4.79 Å². The largest absolute Gasteiger partial charge is 0.467 e. The summed E-state index contributed by atoms with van der Waals surface area (Å²) < 4.78 is 4.80. The molecule has 0 saturated heterocycles. The smallest absolute Gasteiger partial charge is 0.328 e. The average molecular weight is 322 g/mol. The number of methoxy groups -OCH3 is 1. The van der Waals surface area contributed by atoms with Gasteiger partial charge in [0.1, 0.15) is 6.04 Å². The first-order valence-electron chi connectivity index (χ1n) is 7.48. The number of esters is 1. The van der Waals surface area contributed by atoms with E-state index in [1.807, 2.05) is 37.3 Å². The van der Waals surface area contributed by atoms with Crippen molar-refractivity contribution in [3.8, 4) is 6.07 Å². The lowest BCUT2D eigenvalue weighted by atomic mass is 10.0. The number of carbonyl (C=O) groups is 2. The molecule has 5 nitrogen and oxygen atoms in total. The summed E-state index contributed by atoms with van der Waals surface area (Å²) in [4.78, 5) is 24.4. The summed E-state index contributed by atoms with van der Waals surface area (Å²) in [7, 11) is 1.29. The fourth-order valence-electron chi connectivity index (χ4n) is 2.33. The highest BCUT2D eigenvalue weighted by atomic mass is 16.5. The Balaban J connectivity index is 2.16. The van der Waals surface area contributed by atoms with E-state index in [9.17, 15) is 9.59 Å². The summed E-state index contributed by atoms with van der Waals surface area (Å²) in [6.07, 6.45) is 0.349. The van der Waals surface area contributed by atoms with Gasteiger partial charge in [-0.2, -0.15) is 5.26 Å². The standard InChI is InChI=1S/C19H18N2O3/c1-13-5-3-4-6-16(13)11-17(19(23)24-2)21-18(22)15-9-7-14(12-20)8-10-15/h3-10,17H,11H2,1-2H3,(H,21,22)/t17-/m0/s1. The van der Waals surface area contributed by atoms with Crippen LogP contribution in [-0.2, 0) is 16.0 Å². The quantitative estimate of drug-likeness (QED) is 0.857. The fraction of sp³-hybridized carbons (Fsp3) is 0.211. The van der Waals surface area contributed by atoms with Gasteiger partial charge in [0.25, 0.3) is 5.91 Å². The van der Waals surface area contributed by atoms with Crippen molar-refractivity contribution in [3.63, 3.8) is 0 Å². The number of hydrogen-bond acceptors (Lipinski definition) is 4. The van der Waals surface area contributed by atoms with Crippen LogP contribution in [0.1, 0.15) is 27.0 Å². The maximum absolute atomic E-state index is 12.3. The zero-order valence-electron chi connectivity index (χ0n) is 13.6. The van der Waals surface area contributed by atoms with Crippen LogP contribution in [0.2, 0.25) is 0 Å². The van der Waals surface area contributed by atoms with E-state index in [0.717, 1.165) is 11.1 Å². The molecular weight excluding hydrogens is 304 g/mol. The second kappa shape index (κ2) is 7.93. The number of aryl methyl sites for hydroxylation is 1. The maximum Gasteiger partial charge on any atom is 0.328 e. The van der Waals surface area contributed by atoms with Crippen LogP contribution in [0.25, 0.3) is 0 Å². The third-order valence-electron chi connectivity index (χ3n) is 3.75. The molecule has 122 valence electrons.